The summed E-state index contributed by atoms with van der Waals surface area (Å²) in [4.78, 5) is 0. The fraction of sp³-hybridized carbons (Fsp3) is 0.100. The van der Waals surface area contributed by atoms with Crippen molar-refractivity contribution in [1.29, 1.82) is 0 Å². The van der Waals surface area contributed by atoms with Gasteiger partial charge in [-0.05, 0) is 19.1 Å². The van der Waals surface area contributed by atoms with Crippen LogP contribution in [-0.4, -0.2) is 5.16 Å². The highest BCUT2D eigenvalue weighted by molar-refractivity contribution is 5.65. The van der Waals surface area contributed by atoms with Gasteiger partial charge < -0.3 is 10.3 Å². The molecule has 0 amide bonds. The molecule has 0 fully saturated rings. The number of anilines is 1. The van der Waals surface area contributed by atoms with Crippen LogP contribution in [0.3, 0.4) is 0 Å². The largest absolute Gasteiger partial charge is 0.381 e. The first kappa shape index (κ1) is 8.74. The Morgan fingerprint density at radius 1 is 1.43 bits per heavy atom. The van der Waals surface area contributed by atoms with Gasteiger partial charge in [-0.2, -0.15) is 0 Å². The third kappa shape index (κ3) is 1.35. The summed E-state index contributed by atoms with van der Waals surface area (Å²) in [6, 6.07) is 6.12. The molecule has 2 N–H and O–H groups in total. The smallest absolute Gasteiger partial charge is 0.172 e. The molecule has 0 aliphatic rings. The first-order valence-corrected chi connectivity index (χ1v) is 4.16. The van der Waals surface area contributed by atoms with Crippen LogP contribution in [0.5, 0.6) is 0 Å². The van der Waals surface area contributed by atoms with Crippen LogP contribution in [0.1, 0.15) is 5.56 Å². The molecule has 0 aliphatic heterocycles. The normalized spacial score (nSPS) is 10.4. The molecule has 1 aromatic carbocycles. The van der Waals surface area contributed by atoms with E-state index < -0.39 is 0 Å². The van der Waals surface area contributed by atoms with E-state index in [1.165, 1.54) is 12.1 Å². The van der Waals surface area contributed by atoms with Crippen molar-refractivity contribution in [2.45, 2.75) is 6.92 Å². The monoisotopic (exact) mass is 192 g/mol. The van der Waals surface area contributed by atoms with Crippen molar-refractivity contribution in [1.82, 2.24) is 5.16 Å². The van der Waals surface area contributed by atoms with E-state index in [9.17, 15) is 4.39 Å². The third-order valence-electron chi connectivity index (χ3n) is 2.05. The van der Waals surface area contributed by atoms with Crippen LogP contribution in [0.25, 0.3) is 11.3 Å². The molecule has 0 unspecified atom stereocenters. The standard InChI is InChI=1S/C10H9FN2O/c1-6-9(14-13-10(6)12)7-3-2-4-8(11)5-7/h2-5H,1H3,(H2,12,13). The Hall–Kier alpha value is -1.84. The van der Waals surface area contributed by atoms with E-state index >= 15 is 0 Å². The van der Waals surface area contributed by atoms with Crippen LogP contribution in [-0.2, 0) is 0 Å². The van der Waals surface area contributed by atoms with Crippen molar-refractivity contribution in [3.63, 3.8) is 0 Å². The number of hydrogen-bond acceptors (Lipinski definition) is 3. The lowest BCUT2D eigenvalue weighted by Gasteiger charge is -1.96. The number of nitrogen functional groups attached to an aromatic ring is 1. The quantitative estimate of drug-likeness (QED) is 0.754. The van der Waals surface area contributed by atoms with Gasteiger partial charge in [-0.25, -0.2) is 4.39 Å². The number of hydrogen-bond donors (Lipinski definition) is 1. The maximum Gasteiger partial charge on any atom is 0.172 e. The second kappa shape index (κ2) is 3.14. The summed E-state index contributed by atoms with van der Waals surface area (Å²) < 4.78 is 17.9. The molecule has 1 aromatic heterocycles. The molecule has 0 saturated carbocycles. The SMILES string of the molecule is Cc1c(N)noc1-c1cccc(F)c1. The van der Waals surface area contributed by atoms with Gasteiger partial charge in [0, 0.05) is 11.1 Å². The van der Waals surface area contributed by atoms with Crippen molar-refractivity contribution in [3.05, 3.63) is 35.6 Å². The summed E-state index contributed by atoms with van der Waals surface area (Å²) in [5, 5.41) is 3.60. The number of aromatic nitrogens is 1. The van der Waals surface area contributed by atoms with Gasteiger partial charge in [0.1, 0.15) is 5.82 Å². The van der Waals surface area contributed by atoms with Gasteiger partial charge in [-0.1, -0.05) is 17.3 Å². The lowest BCUT2D eigenvalue weighted by Crippen LogP contribution is -1.86. The van der Waals surface area contributed by atoms with Crippen molar-refractivity contribution in [2.75, 3.05) is 5.73 Å². The minimum Gasteiger partial charge on any atom is -0.381 e. The van der Waals surface area contributed by atoms with Crippen LogP contribution in [0.4, 0.5) is 10.2 Å². The van der Waals surface area contributed by atoms with E-state index in [-0.39, 0.29) is 5.82 Å². The van der Waals surface area contributed by atoms with E-state index in [1.807, 2.05) is 0 Å². The summed E-state index contributed by atoms with van der Waals surface area (Å²) >= 11 is 0. The van der Waals surface area contributed by atoms with Gasteiger partial charge in [-0.3, -0.25) is 0 Å². The molecule has 72 valence electrons. The Bertz CT molecular complexity index is 465. The molecule has 0 spiro atoms. The van der Waals surface area contributed by atoms with Crippen molar-refractivity contribution >= 4 is 5.82 Å². The van der Waals surface area contributed by atoms with Gasteiger partial charge in [0.2, 0.25) is 0 Å². The zero-order chi connectivity index (χ0) is 10.1. The minimum atomic E-state index is -0.308. The first-order valence-electron chi connectivity index (χ1n) is 4.16. The van der Waals surface area contributed by atoms with Crippen LogP contribution < -0.4 is 5.73 Å². The molecular formula is C10H9FN2O. The summed E-state index contributed by atoms with van der Waals surface area (Å²) in [6.45, 7) is 1.78. The third-order valence-corrected chi connectivity index (χ3v) is 2.05. The molecule has 3 nitrogen and oxygen atoms in total. The molecule has 1 heterocycles. The topological polar surface area (TPSA) is 52.0 Å². The number of nitrogens with two attached hydrogens (primary N) is 1. The summed E-state index contributed by atoms with van der Waals surface area (Å²) in [5.74, 6) is 0.545. The Balaban J connectivity index is 2.55. The predicted molar refractivity (Wildman–Crippen MR) is 51.0 cm³/mol. The maximum absolute atomic E-state index is 12.9. The van der Waals surface area contributed by atoms with Gasteiger partial charge in [-0.15, -0.1) is 0 Å². The summed E-state index contributed by atoms with van der Waals surface area (Å²) in [5.41, 5.74) is 6.89. The maximum atomic E-state index is 12.9. The average molecular weight is 192 g/mol. The Kier molecular flexibility index (Phi) is 1.96. The average Bonchev–Trinajstić information content (AvgIpc) is 2.48. The molecule has 2 rings (SSSR count). The lowest BCUT2D eigenvalue weighted by molar-refractivity contribution is 0.435. The highest BCUT2D eigenvalue weighted by atomic mass is 19.1. The van der Waals surface area contributed by atoms with E-state index in [0.29, 0.717) is 17.1 Å². The van der Waals surface area contributed by atoms with Crippen LogP contribution in [0.15, 0.2) is 28.8 Å². The van der Waals surface area contributed by atoms with Crippen LogP contribution >= 0.6 is 0 Å². The van der Waals surface area contributed by atoms with Crippen molar-refractivity contribution in [3.8, 4) is 11.3 Å². The Labute approximate surface area is 80.3 Å². The number of nitrogens with zero attached hydrogens (tertiary/aromatic N) is 1. The summed E-state index contributed by atoms with van der Waals surface area (Å²) in [7, 11) is 0. The van der Waals surface area contributed by atoms with E-state index in [4.69, 9.17) is 10.3 Å². The minimum absolute atomic E-state index is 0.308. The first-order chi connectivity index (χ1) is 6.68. The lowest BCUT2D eigenvalue weighted by atomic mass is 10.1. The molecule has 4 heteroatoms. The Morgan fingerprint density at radius 2 is 2.21 bits per heavy atom. The highest BCUT2D eigenvalue weighted by Crippen LogP contribution is 2.26. The van der Waals surface area contributed by atoms with Crippen molar-refractivity contribution in [2.24, 2.45) is 0 Å². The number of rotatable bonds is 1. The van der Waals surface area contributed by atoms with Gasteiger partial charge in [0.25, 0.3) is 0 Å². The van der Waals surface area contributed by atoms with E-state index in [0.717, 1.165) is 5.56 Å². The van der Waals surface area contributed by atoms with Crippen LogP contribution in [0.2, 0.25) is 0 Å². The number of halogens is 1. The summed E-state index contributed by atoms with van der Waals surface area (Å²) in [6.07, 6.45) is 0. The molecule has 0 atom stereocenters. The fourth-order valence-corrected chi connectivity index (χ4v) is 1.25. The molecule has 14 heavy (non-hydrogen) atoms. The zero-order valence-electron chi connectivity index (χ0n) is 7.62. The van der Waals surface area contributed by atoms with Crippen molar-refractivity contribution < 1.29 is 8.91 Å². The van der Waals surface area contributed by atoms with Gasteiger partial charge in [0.05, 0.1) is 0 Å². The second-order valence-corrected chi connectivity index (χ2v) is 3.03. The zero-order valence-corrected chi connectivity index (χ0v) is 7.62. The Morgan fingerprint density at radius 3 is 2.79 bits per heavy atom. The molecular weight excluding hydrogens is 183 g/mol. The second-order valence-electron chi connectivity index (χ2n) is 3.03. The van der Waals surface area contributed by atoms with Gasteiger partial charge in [0.15, 0.2) is 11.6 Å². The molecule has 0 radical (unpaired) electrons. The molecule has 2 aromatic rings. The van der Waals surface area contributed by atoms with Gasteiger partial charge >= 0.3 is 0 Å². The fourth-order valence-electron chi connectivity index (χ4n) is 1.25. The van der Waals surface area contributed by atoms with E-state index in [2.05, 4.69) is 5.16 Å². The molecule has 0 aliphatic carbocycles. The predicted octanol–water partition coefficient (Wildman–Crippen LogP) is 2.37. The molecule has 0 bridgehead atoms. The highest BCUT2D eigenvalue weighted by Gasteiger charge is 2.11. The van der Waals surface area contributed by atoms with Crippen LogP contribution in [0, 0.1) is 12.7 Å². The number of benzene rings is 1. The molecule has 0 saturated heterocycles. The van der Waals surface area contributed by atoms with E-state index in [1.54, 1.807) is 19.1 Å².